The molecule has 5 N–H and O–H groups in total. The monoisotopic (exact) mass is 425 g/mol. The Kier molecular flexibility index (Phi) is 7.22. The second-order valence-electron chi connectivity index (χ2n) is 7.02. The lowest BCUT2D eigenvalue weighted by atomic mass is 10.1. The van der Waals surface area contributed by atoms with Crippen molar-refractivity contribution in [2.24, 2.45) is 10.7 Å². The summed E-state index contributed by atoms with van der Waals surface area (Å²) in [6.45, 7) is 1.99. The molecule has 0 amide bonds. The van der Waals surface area contributed by atoms with E-state index in [1.54, 1.807) is 25.1 Å². The van der Waals surface area contributed by atoms with E-state index in [-0.39, 0.29) is 30.5 Å². The van der Waals surface area contributed by atoms with E-state index in [2.05, 4.69) is 15.0 Å². The van der Waals surface area contributed by atoms with Crippen LogP contribution in [0.4, 0.5) is 10.2 Å². The van der Waals surface area contributed by atoms with Crippen molar-refractivity contribution in [2.45, 2.75) is 25.9 Å². The van der Waals surface area contributed by atoms with Gasteiger partial charge in [-0.3, -0.25) is 0 Å². The molecule has 9 heteroatoms. The summed E-state index contributed by atoms with van der Waals surface area (Å²) >= 11 is 0. The van der Waals surface area contributed by atoms with Crippen LogP contribution in [0.3, 0.4) is 0 Å². The number of hydrogen-bond donors (Lipinski definition) is 4. The molecule has 1 aromatic heterocycles. The van der Waals surface area contributed by atoms with Crippen LogP contribution in [0.1, 0.15) is 37.3 Å². The predicted molar refractivity (Wildman–Crippen MR) is 116 cm³/mol. The van der Waals surface area contributed by atoms with Crippen LogP contribution in [0.15, 0.2) is 47.5 Å². The highest BCUT2D eigenvalue weighted by Gasteiger charge is 2.18. The lowest BCUT2D eigenvalue weighted by Crippen LogP contribution is -2.15. The third kappa shape index (κ3) is 5.80. The van der Waals surface area contributed by atoms with Crippen LogP contribution in [0.25, 0.3) is 10.9 Å². The quantitative estimate of drug-likeness (QED) is 0.236. The van der Waals surface area contributed by atoms with Crippen molar-refractivity contribution in [1.29, 1.82) is 5.41 Å². The highest BCUT2D eigenvalue weighted by molar-refractivity contribution is 6.02. The summed E-state index contributed by atoms with van der Waals surface area (Å²) < 4.78 is 18.9. The van der Waals surface area contributed by atoms with Crippen LogP contribution in [-0.2, 0) is 0 Å². The maximum absolute atomic E-state index is 13.3. The van der Waals surface area contributed by atoms with Crippen molar-refractivity contribution in [2.75, 3.05) is 13.2 Å². The first-order valence-electron chi connectivity index (χ1n) is 9.73. The van der Waals surface area contributed by atoms with Crippen LogP contribution in [0, 0.1) is 11.2 Å². The molecule has 31 heavy (non-hydrogen) atoms. The van der Waals surface area contributed by atoms with E-state index in [0.29, 0.717) is 41.0 Å². The largest absolute Gasteiger partial charge is 0.493 e. The summed E-state index contributed by atoms with van der Waals surface area (Å²) in [4.78, 5) is 13.2. The molecular formula is C22H24FN5O3. The second-order valence-corrected chi connectivity index (χ2v) is 7.02. The van der Waals surface area contributed by atoms with E-state index in [1.165, 1.54) is 24.3 Å². The van der Waals surface area contributed by atoms with Gasteiger partial charge >= 0.3 is 0 Å². The zero-order valence-corrected chi connectivity index (χ0v) is 17.0. The molecule has 2 aromatic carbocycles. The fourth-order valence-corrected chi connectivity index (χ4v) is 2.90. The lowest BCUT2D eigenvalue weighted by Gasteiger charge is -2.13. The van der Waals surface area contributed by atoms with Gasteiger partial charge in [0.25, 0.3) is 0 Å². The summed E-state index contributed by atoms with van der Waals surface area (Å²) in [6.07, 6.45) is -0.529. The molecule has 0 saturated carbocycles. The molecule has 0 saturated heterocycles. The van der Waals surface area contributed by atoms with Gasteiger partial charge in [0, 0.05) is 36.6 Å². The van der Waals surface area contributed by atoms with Crippen LogP contribution in [0.5, 0.6) is 5.75 Å². The number of aliphatic imine (C=N–C) groups is 1. The van der Waals surface area contributed by atoms with Crippen molar-refractivity contribution in [1.82, 2.24) is 9.97 Å². The number of nitrogens with zero attached hydrogens (tertiary/aromatic N) is 3. The number of hydrogen-bond acceptors (Lipinski definition) is 7. The van der Waals surface area contributed by atoms with E-state index in [9.17, 15) is 9.50 Å². The van der Waals surface area contributed by atoms with E-state index in [0.717, 1.165) is 0 Å². The number of rotatable bonds is 9. The molecule has 0 radical (unpaired) electrons. The zero-order valence-electron chi connectivity index (χ0n) is 17.0. The molecule has 0 aliphatic carbocycles. The van der Waals surface area contributed by atoms with E-state index >= 15 is 0 Å². The van der Waals surface area contributed by atoms with Crippen LogP contribution < -0.4 is 10.5 Å². The van der Waals surface area contributed by atoms with Gasteiger partial charge in [0.15, 0.2) is 11.6 Å². The first-order valence-corrected chi connectivity index (χ1v) is 9.73. The Balaban J connectivity index is 2.07. The molecule has 3 aromatic rings. The number of nitrogens with two attached hydrogens (primary N) is 1. The molecule has 8 nitrogen and oxygen atoms in total. The summed E-state index contributed by atoms with van der Waals surface area (Å²) in [5, 5.41) is 27.9. The number of halogens is 1. The van der Waals surface area contributed by atoms with Crippen molar-refractivity contribution in [3.8, 4) is 5.75 Å². The fourth-order valence-electron chi connectivity index (χ4n) is 2.90. The molecule has 0 bridgehead atoms. The zero-order chi connectivity index (χ0) is 22.4. The van der Waals surface area contributed by atoms with Gasteiger partial charge in [-0.1, -0.05) is 12.1 Å². The summed E-state index contributed by atoms with van der Waals surface area (Å²) in [5.41, 5.74) is 7.21. The van der Waals surface area contributed by atoms with E-state index in [1.807, 2.05) is 0 Å². The maximum Gasteiger partial charge on any atom is 0.165 e. The Morgan fingerprint density at radius 3 is 2.65 bits per heavy atom. The Bertz CT molecular complexity index is 1100. The van der Waals surface area contributed by atoms with Gasteiger partial charge in [0.2, 0.25) is 0 Å². The highest BCUT2D eigenvalue weighted by Crippen LogP contribution is 2.30. The third-order valence-corrected chi connectivity index (χ3v) is 4.36. The molecule has 0 aliphatic heterocycles. The van der Waals surface area contributed by atoms with Gasteiger partial charge in [-0.15, -0.1) is 0 Å². The number of amidine groups is 1. The van der Waals surface area contributed by atoms with Gasteiger partial charge in [-0.25, -0.2) is 19.4 Å². The molecule has 3 rings (SSSR count). The molecule has 162 valence electrons. The Hall–Kier alpha value is -3.43. The van der Waals surface area contributed by atoms with E-state index < -0.39 is 11.9 Å². The van der Waals surface area contributed by atoms with Gasteiger partial charge in [-0.2, -0.15) is 0 Å². The molecule has 0 spiro atoms. The minimum absolute atomic E-state index is 0.0222. The molecule has 1 unspecified atom stereocenters. The molecule has 0 aliphatic rings. The highest BCUT2D eigenvalue weighted by atomic mass is 19.1. The van der Waals surface area contributed by atoms with Crippen molar-refractivity contribution < 1.29 is 19.3 Å². The van der Waals surface area contributed by atoms with Crippen LogP contribution >= 0.6 is 0 Å². The number of ether oxygens (including phenoxy) is 1. The minimum atomic E-state index is -1.20. The number of benzene rings is 2. The molecule has 1 atom stereocenters. The summed E-state index contributed by atoms with van der Waals surface area (Å²) in [7, 11) is 0. The predicted octanol–water partition coefficient (Wildman–Crippen LogP) is 3.03. The topological polar surface area (TPSA) is 138 Å². The molecular weight excluding hydrogens is 401 g/mol. The normalized spacial score (nSPS) is 12.7. The average molecular weight is 425 g/mol. The average Bonchev–Trinajstić information content (AvgIpc) is 2.73. The van der Waals surface area contributed by atoms with Gasteiger partial charge in [0.05, 0.1) is 12.1 Å². The third-order valence-electron chi connectivity index (χ3n) is 4.36. The fraction of sp³-hybridized carbons (Fsp3) is 0.273. The Morgan fingerprint density at radius 2 is 1.97 bits per heavy atom. The van der Waals surface area contributed by atoms with Gasteiger partial charge in [0.1, 0.15) is 23.5 Å². The Morgan fingerprint density at radius 1 is 1.23 bits per heavy atom. The van der Waals surface area contributed by atoms with E-state index in [4.69, 9.17) is 21.0 Å². The molecule has 1 heterocycles. The first-order chi connectivity index (χ1) is 14.9. The minimum Gasteiger partial charge on any atom is -0.493 e. The maximum atomic E-state index is 13.3. The van der Waals surface area contributed by atoms with Crippen molar-refractivity contribution in [3.05, 3.63) is 59.7 Å². The van der Waals surface area contributed by atoms with Gasteiger partial charge in [-0.05, 0) is 36.8 Å². The van der Waals surface area contributed by atoms with Crippen LogP contribution in [0.2, 0.25) is 0 Å². The SMILES string of the molecule is CC(=N)CC(N)=Nc1nc(C(O)c2ccc(F)cc2)nc2cc(OCCCO)ccc12. The second kappa shape index (κ2) is 10.1. The van der Waals surface area contributed by atoms with Crippen molar-refractivity contribution in [3.63, 3.8) is 0 Å². The number of aliphatic hydroxyl groups excluding tert-OH is 2. The van der Waals surface area contributed by atoms with Gasteiger partial charge < -0.3 is 26.1 Å². The Labute approximate surface area is 178 Å². The number of fused-ring (bicyclic) bond motifs is 1. The summed E-state index contributed by atoms with van der Waals surface area (Å²) in [6, 6.07) is 10.6. The first kappa shape index (κ1) is 22.3. The number of nitrogens with one attached hydrogen (secondary N) is 1. The smallest absolute Gasteiger partial charge is 0.165 e. The summed E-state index contributed by atoms with van der Waals surface area (Å²) in [5.74, 6) is 0.657. The number of aromatic nitrogens is 2. The standard InChI is InChI=1S/C22H24FN5O3/c1-13(24)11-19(25)27-21-17-8-7-16(31-10-2-9-29)12-18(17)26-22(28-21)20(30)14-3-5-15(23)6-4-14/h3-8,12,20,24,29-30H,2,9-11H2,1H3,(H2,25,26,27,28). The lowest BCUT2D eigenvalue weighted by molar-refractivity contribution is 0.210. The van der Waals surface area contributed by atoms with Crippen molar-refractivity contribution >= 4 is 28.3 Å². The molecule has 0 fully saturated rings. The number of aliphatic hydroxyl groups is 2. The van der Waals surface area contributed by atoms with Crippen LogP contribution in [-0.4, -0.2) is 44.9 Å².